The third-order valence-electron chi connectivity index (χ3n) is 4.67. The van der Waals surface area contributed by atoms with Crippen molar-refractivity contribution in [3.63, 3.8) is 0 Å². The highest BCUT2D eigenvalue weighted by Crippen LogP contribution is 2.30. The average Bonchev–Trinajstić information content (AvgIpc) is 3.17. The van der Waals surface area contributed by atoms with Gasteiger partial charge >= 0.3 is 6.09 Å². The summed E-state index contributed by atoms with van der Waals surface area (Å²) in [5.41, 5.74) is 1.42. The van der Waals surface area contributed by atoms with Crippen LogP contribution in [0.1, 0.15) is 52.5 Å². The molecule has 0 radical (unpaired) electrons. The molecule has 8 nitrogen and oxygen atoms in total. The first-order chi connectivity index (χ1) is 13.2. The lowest BCUT2D eigenvalue weighted by Crippen LogP contribution is -2.50. The number of nitrogens with zero attached hydrogens (tertiary/aromatic N) is 5. The van der Waals surface area contributed by atoms with Gasteiger partial charge in [-0.25, -0.2) is 4.79 Å². The highest BCUT2D eigenvalue weighted by Gasteiger charge is 2.37. The number of hydrogen-bond donors (Lipinski definition) is 0. The fraction of sp³-hybridized carbons (Fsp3) is 0.500. The zero-order chi connectivity index (χ0) is 20.1. The van der Waals surface area contributed by atoms with E-state index < -0.39 is 5.60 Å². The van der Waals surface area contributed by atoms with E-state index >= 15 is 0 Å². The van der Waals surface area contributed by atoms with E-state index in [9.17, 15) is 4.79 Å². The third-order valence-corrected chi connectivity index (χ3v) is 4.67. The van der Waals surface area contributed by atoms with E-state index in [1.165, 1.54) is 0 Å². The molecule has 2 aromatic heterocycles. The van der Waals surface area contributed by atoms with Crippen molar-refractivity contribution in [2.24, 2.45) is 0 Å². The molecule has 1 aliphatic rings. The van der Waals surface area contributed by atoms with Crippen LogP contribution < -0.4 is 0 Å². The molecule has 8 heteroatoms. The Balaban J connectivity index is 1.48. The molecule has 148 valence electrons. The lowest BCUT2D eigenvalue weighted by atomic mass is 10.0. The van der Waals surface area contributed by atoms with Gasteiger partial charge in [0, 0.05) is 30.1 Å². The molecule has 0 unspecified atom stereocenters. The van der Waals surface area contributed by atoms with Crippen LogP contribution in [0, 0.1) is 0 Å². The molecular weight excluding hydrogens is 358 g/mol. The molecule has 3 aromatic rings. The van der Waals surface area contributed by atoms with Crippen molar-refractivity contribution in [2.45, 2.75) is 52.2 Å². The quantitative estimate of drug-likeness (QED) is 0.679. The van der Waals surface area contributed by atoms with Gasteiger partial charge in [-0.2, -0.15) is 10.1 Å². The smallest absolute Gasteiger partial charge is 0.410 e. The van der Waals surface area contributed by atoms with Gasteiger partial charge in [0.1, 0.15) is 5.60 Å². The second-order valence-electron chi connectivity index (χ2n) is 8.49. The van der Waals surface area contributed by atoms with Crippen molar-refractivity contribution in [3.05, 3.63) is 30.3 Å². The lowest BCUT2D eigenvalue weighted by molar-refractivity contribution is 0.00558. The van der Waals surface area contributed by atoms with Gasteiger partial charge in [0.15, 0.2) is 0 Å². The lowest BCUT2D eigenvalue weighted by Gasteiger charge is -2.37. The van der Waals surface area contributed by atoms with Gasteiger partial charge in [-0.15, -0.1) is 0 Å². The Labute approximate surface area is 163 Å². The Hall–Kier alpha value is -2.90. The second kappa shape index (κ2) is 6.61. The van der Waals surface area contributed by atoms with Crippen LogP contribution in [0.15, 0.2) is 28.9 Å². The van der Waals surface area contributed by atoms with E-state index in [0.29, 0.717) is 24.8 Å². The molecule has 0 spiro atoms. The van der Waals surface area contributed by atoms with Crippen LogP contribution >= 0.6 is 0 Å². The predicted molar refractivity (Wildman–Crippen MR) is 104 cm³/mol. The van der Waals surface area contributed by atoms with Crippen molar-refractivity contribution in [1.82, 2.24) is 24.8 Å². The fourth-order valence-electron chi connectivity index (χ4n) is 3.22. The number of likely N-dealkylation sites (tertiary alicyclic amines) is 1. The minimum absolute atomic E-state index is 0.0405. The Bertz CT molecular complexity index is 1010. The normalized spacial score (nSPS) is 15.3. The zero-order valence-electron chi connectivity index (χ0n) is 16.8. The second-order valence-corrected chi connectivity index (χ2v) is 8.49. The van der Waals surface area contributed by atoms with Crippen molar-refractivity contribution in [3.8, 4) is 11.4 Å². The van der Waals surface area contributed by atoms with Crippen molar-refractivity contribution in [1.29, 1.82) is 0 Å². The molecule has 1 aromatic carbocycles. The molecule has 0 aliphatic carbocycles. The van der Waals surface area contributed by atoms with Crippen molar-refractivity contribution in [2.75, 3.05) is 13.1 Å². The summed E-state index contributed by atoms with van der Waals surface area (Å²) in [7, 11) is 0. The molecule has 3 heterocycles. The van der Waals surface area contributed by atoms with Crippen LogP contribution in [0.3, 0.4) is 0 Å². The van der Waals surface area contributed by atoms with Crippen molar-refractivity contribution >= 4 is 17.0 Å². The average molecular weight is 383 g/mol. The van der Waals surface area contributed by atoms with Gasteiger partial charge in [0.25, 0.3) is 0 Å². The Morgan fingerprint density at radius 3 is 2.71 bits per heavy atom. The van der Waals surface area contributed by atoms with E-state index in [0.717, 1.165) is 16.5 Å². The zero-order valence-corrected chi connectivity index (χ0v) is 16.8. The molecule has 0 saturated carbocycles. The van der Waals surface area contributed by atoms with Crippen molar-refractivity contribution < 1.29 is 14.1 Å². The third kappa shape index (κ3) is 3.46. The maximum absolute atomic E-state index is 12.1. The molecule has 0 atom stereocenters. The number of benzene rings is 1. The number of hydrogen-bond acceptors (Lipinski definition) is 6. The Morgan fingerprint density at radius 1 is 1.29 bits per heavy atom. The standard InChI is InChI=1S/C20H25N5O3/c1-12(2)25-16-8-13(6-7-14(16)9-21-25)17-22-18(28-23-17)15-10-24(11-15)19(26)27-20(3,4)5/h6-9,12,15H,10-11H2,1-5H3. The molecular formula is C20H25N5O3. The maximum Gasteiger partial charge on any atom is 0.410 e. The molecule has 1 saturated heterocycles. The molecule has 1 amide bonds. The summed E-state index contributed by atoms with van der Waals surface area (Å²) >= 11 is 0. The summed E-state index contributed by atoms with van der Waals surface area (Å²) < 4.78 is 12.8. The summed E-state index contributed by atoms with van der Waals surface area (Å²) in [6, 6.07) is 6.28. The molecule has 1 fully saturated rings. The number of rotatable bonds is 3. The van der Waals surface area contributed by atoms with Crippen LogP contribution in [0.2, 0.25) is 0 Å². The van der Waals surface area contributed by atoms with Gasteiger partial charge in [-0.05, 0) is 40.7 Å². The van der Waals surface area contributed by atoms with Crippen LogP contribution in [-0.2, 0) is 4.74 Å². The summed E-state index contributed by atoms with van der Waals surface area (Å²) in [5, 5.41) is 9.65. The van der Waals surface area contributed by atoms with Gasteiger partial charge in [0.05, 0.1) is 17.6 Å². The number of aromatic nitrogens is 4. The number of ether oxygens (including phenoxy) is 1. The Kier molecular flexibility index (Phi) is 4.36. The van der Waals surface area contributed by atoms with Gasteiger partial charge < -0.3 is 14.2 Å². The topological polar surface area (TPSA) is 86.3 Å². The summed E-state index contributed by atoms with van der Waals surface area (Å²) in [5.74, 6) is 1.13. The number of fused-ring (bicyclic) bond motifs is 1. The minimum atomic E-state index is -0.499. The van der Waals surface area contributed by atoms with Crippen LogP contribution in [0.25, 0.3) is 22.3 Å². The highest BCUT2D eigenvalue weighted by molar-refractivity contribution is 5.83. The molecule has 0 bridgehead atoms. The number of carbonyl (C=O) groups excluding carboxylic acids is 1. The van der Waals surface area contributed by atoms with Gasteiger partial charge in [-0.3, -0.25) is 4.68 Å². The largest absolute Gasteiger partial charge is 0.444 e. The maximum atomic E-state index is 12.1. The van der Waals surface area contributed by atoms with Gasteiger partial charge in [-0.1, -0.05) is 17.3 Å². The first-order valence-corrected chi connectivity index (χ1v) is 9.50. The van der Waals surface area contributed by atoms with Crippen LogP contribution in [0.4, 0.5) is 4.79 Å². The first-order valence-electron chi connectivity index (χ1n) is 9.50. The highest BCUT2D eigenvalue weighted by atomic mass is 16.6. The molecule has 28 heavy (non-hydrogen) atoms. The molecule has 4 rings (SSSR count). The fourth-order valence-corrected chi connectivity index (χ4v) is 3.22. The van der Waals surface area contributed by atoms with Crippen LogP contribution in [0.5, 0.6) is 0 Å². The number of carbonyl (C=O) groups is 1. The summed E-state index contributed by atoms with van der Waals surface area (Å²) in [6.45, 7) is 10.8. The van der Waals surface area contributed by atoms with E-state index in [2.05, 4.69) is 29.1 Å². The van der Waals surface area contributed by atoms with E-state index in [1.807, 2.05) is 49.8 Å². The summed E-state index contributed by atoms with van der Waals surface area (Å²) in [4.78, 5) is 18.3. The first kappa shape index (κ1) is 18.5. The molecule has 1 aliphatic heterocycles. The summed E-state index contributed by atoms with van der Waals surface area (Å²) in [6.07, 6.45) is 1.55. The van der Waals surface area contributed by atoms with E-state index in [4.69, 9.17) is 9.26 Å². The SMILES string of the molecule is CC(C)n1ncc2ccc(-c3noc(C4CN(C(=O)OC(C)(C)C)C4)n3)cc21. The van der Waals surface area contributed by atoms with Gasteiger partial charge in [0.2, 0.25) is 11.7 Å². The minimum Gasteiger partial charge on any atom is -0.444 e. The number of amides is 1. The van der Waals surface area contributed by atoms with E-state index in [-0.39, 0.29) is 18.1 Å². The Morgan fingerprint density at radius 2 is 2.04 bits per heavy atom. The van der Waals surface area contributed by atoms with E-state index in [1.54, 1.807) is 4.90 Å². The predicted octanol–water partition coefficient (Wildman–Crippen LogP) is 4.00. The monoisotopic (exact) mass is 383 g/mol. The van der Waals surface area contributed by atoms with Crippen LogP contribution in [-0.4, -0.2) is 49.6 Å². The molecule has 0 N–H and O–H groups in total.